The molecule has 1 aliphatic rings. The highest BCUT2D eigenvalue weighted by molar-refractivity contribution is 5.97. The minimum atomic E-state index is -0.0971. The van der Waals surface area contributed by atoms with E-state index in [1.807, 2.05) is 54.0 Å². The zero-order valence-corrected chi connectivity index (χ0v) is 14.7. The number of amides is 1. The average molecular weight is 350 g/mol. The van der Waals surface area contributed by atoms with Gasteiger partial charge in [0.1, 0.15) is 18.0 Å². The van der Waals surface area contributed by atoms with Crippen LogP contribution in [0.2, 0.25) is 0 Å². The molecule has 2 N–H and O–H groups in total. The van der Waals surface area contributed by atoms with Crippen LogP contribution in [0.1, 0.15) is 28.0 Å². The second-order valence-corrected chi connectivity index (χ2v) is 6.60. The van der Waals surface area contributed by atoms with Crippen molar-refractivity contribution in [3.8, 4) is 5.75 Å². The van der Waals surface area contributed by atoms with Gasteiger partial charge < -0.3 is 19.8 Å². The third-order valence-electron chi connectivity index (χ3n) is 4.63. The van der Waals surface area contributed by atoms with Crippen molar-refractivity contribution in [3.63, 3.8) is 0 Å². The number of nitrogens with one attached hydrogen (secondary N) is 2. The highest BCUT2D eigenvalue weighted by Gasteiger charge is 2.19. The van der Waals surface area contributed by atoms with E-state index in [0.717, 1.165) is 36.4 Å². The van der Waals surface area contributed by atoms with Gasteiger partial charge in [-0.15, -0.1) is 0 Å². The second kappa shape index (κ2) is 7.17. The Morgan fingerprint density at radius 2 is 2.23 bits per heavy atom. The van der Waals surface area contributed by atoms with E-state index in [1.165, 1.54) is 0 Å². The van der Waals surface area contributed by atoms with Gasteiger partial charge in [0.25, 0.3) is 5.91 Å². The highest BCUT2D eigenvalue weighted by atomic mass is 16.5. The van der Waals surface area contributed by atoms with Crippen molar-refractivity contribution in [2.75, 3.05) is 13.1 Å². The molecular weight excluding hydrogens is 328 g/mol. The number of carbonyl (C=O) groups is 1. The number of aromatic nitrogens is 2. The number of carbonyl (C=O) groups excluding carboxylic acids is 1. The van der Waals surface area contributed by atoms with E-state index < -0.39 is 0 Å². The number of imidazole rings is 1. The van der Waals surface area contributed by atoms with E-state index in [-0.39, 0.29) is 11.9 Å². The fourth-order valence-corrected chi connectivity index (χ4v) is 3.25. The first-order valence-corrected chi connectivity index (χ1v) is 8.87. The number of ether oxygens (including phenoxy) is 1. The summed E-state index contributed by atoms with van der Waals surface area (Å²) in [5.41, 5.74) is 3.42. The summed E-state index contributed by atoms with van der Waals surface area (Å²) in [5, 5.41) is 6.31. The first-order valence-electron chi connectivity index (χ1n) is 8.87. The van der Waals surface area contributed by atoms with E-state index in [1.54, 1.807) is 6.07 Å². The quantitative estimate of drug-likeness (QED) is 0.741. The van der Waals surface area contributed by atoms with Gasteiger partial charge in [0.2, 0.25) is 0 Å². The largest absolute Gasteiger partial charge is 0.486 e. The number of pyridine rings is 1. The monoisotopic (exact) mass is 350 g/mol. The van der Waals surface area contributed by atoms with Crippen LogP contribution in [-0.2, 0) is 6.61 Å². The Bertz CT molecular complexity index is 928. The Morgan fingerprint density at radius 3 is 3.04 bits per heavy atom. The summed E-state index contributed by atoms with van der Waals surface area (Å²) in [6.45, 7) is 4.10. The molecule has 4 rings (SSSR count). The Balaban J connectivity index is 1.49. The van der Waals surface area contributed by atoms with Gasteiger partial charge in [-0.1, -0.05) is 18.2 Å². The maximum atomic E-state index is 12.6. The number of aryl methyl sites for hydroxylation is 1. The van der Waals surface area contributed by atoms with Crippen molar-refractivity contribution in [1.82, 2.24) is 20.0 Å². The zero-order chi connectivity index (χ0) is 17.9. The first-order chi connectivity index (χ1) is 12.7. The summed E-state index contributed by atoms with van der Waals surface area (Å²) in [7, 11) is 0. The summed E-state index contributed by atoms with van der Waals surface area (Å²) in [6, 6.07) is 11.5. The summed E-state index contributed by atoms with van der Waals surface area (Å²) in [6.07, 6.45) is 4.88. The maximum absolute atomic E-state index is 12.6. The first kappa shape index (κ1) is 16.6. The number of nitrogens with zero attached hydrogens (tertiary/aromatic N) is 2. The molecular formula is C20H22N4O2. The molecule has 0 spiro atoms. The average Bonchev–Trinajstić information content (AvgIpc) is 3.30. The third-order valence-corrected chi connectivity index (χ3v) is 4.63. The van der Waals surface area contributed by atoms with E-state index in [0.29, 0.717) is 17.9 Å². The lowest BCUT2D eigenvalue weighted by Crippen LogP contribution is -2.36. The molecule has 3 aromatic rings. The molecule has 1 saturated heterocycles. The van der Waals surface area contributed by atoms with Crippen molar-refractivity contribution >= 4 is 11.6 Å². The molecule has 3 heterocycles. The van der Waals surface area contributed by atoms with Crippen LogP contribution in [0.4, 0.5) is 0 Å². The second-order valence-electron chi connectivity index (χ2n) is 6.60. The molecule has 0 saturated carbocycles. The van der Waals surface area contributed by atoms with E-state index in [9.17, 15) is 4.79 Å². The lowest BCUT2D eigenvalue weighted by atomic mass is 10.1. The lowest BCUT2D eigenvalue weighted by molar-refractivity contribution is 0.0935. The molecule has 1 fully saturated rings. The molecule has 0 aliphatic carbocycles. The topological polar surface area (TPSA) is 67.7 Å². The third kappa shape index (κ3) is 3.41. The van der Waals surface area contributed by atoms with E-state index >= 15 is 0 Å². The Morgan fingerprint density at radius 1 is 1.35 bits per heavy atom. The van der Waals surface area contributed by atoms with Gasteiger partial charge in [-0.3, -0.25) is 4.79 Å². The minimum Gasteiger partial charge on any atom is -0.486 e. The molecule has 1 unspecified atom stereocenters. The number of hydrogen-bond acceptors (Lipinski definition) is 4. The summed E-state index contributed by atoms with van der Waals surface area (Å²) >= 11 is 0. The molecule has 1 aromatic carbocycles. The Hall–Kier alpha value is -2.86. The van der Waals surface area contributed by atoms with Crippen LogP contribution in [0, 0.1) is 6.92 Å². The molecule has 134 valence electrons. The number of para-hydroxylation sites is 1. The van der Waals surface area contributed by atoms with Gasteiger partial charge >= 0.3 is 0 Å². The van der Waals surface area contributed by atoms with Gasteiger partial charge in [-0.2, -0.15) is 0 Å². The summed E-state index contributed by atoms with van der Waals surface area (Å²) < 4.78 is 7.91. The van der Waals surface area contributed by atoms with Crippen LogP contribution in [0.15, 0.2) is 48.8 Å². The smallest absolute Gasteiger partial charge is 0.255 e. The number of rotatable bonds is 5. The fraction of sp³-hybridized carbons (Fsp3) is 0.300. The fourth-order valence-electron chi connectivity index (χ4n) is 3.25. The maximum Gasteiger partial charge on any atom is 0.255 e. The van der Waals surface area contributed by atoms with E-state index in [2.05, 4.69) is 15.6 Å². The predicted molar refractivity (Wildman–Crippen MR) is 99.4 cm³/mol. The van der Waals surface area contributed by atoms with Crippen molar-refractivity contribution < 1.29 is 9.53 Å². The molecule has 1 aliphatic heterocycles. The normalized spacial score (nSPS) is 16.7. The van der Waals surface area contributed by atoms with Gasteiger partial charge in [0.15, 0.2) is 0 Å². The van der Waals surface area contributed by atoms with Gasteiger partial charge in [0, 0.05) is 25.0 Å². The minimum absolute atomic E-state index is 0.0971. The van der Waals surface area contributed by atoms with Gasteiger partial charge in [-0.25, -0.2) is 4.98 Å². The van der Waals surface area contributed by atoms with Crippen LogP contribution in [0.5, 0.6) is 5.75 Å². The molecule has 6 nitrogen and oxygen atoms in total. The van der Waals surface area contributed by atoms with Crippen LogP contribution >= 0.6 is 0 Å². The molecule has 1 atom stereocenters. The van der Waals surface area contributed by atoms with Crippen LogP contribution in [-0.4, -0.2) is 34.4 Å². The summed E-state index contributed by atoms with van der Waals surface area (Å²) in [5.74, 6) is 0.477. The SMILES string of the molecule is Cc1cccn2cc(COc3ccccc3C(=O)NC3CCNC3)nc12. The van der Waals surface area contributed by atoms with Crippen molar-refractivity contribution in [3.05, 3.63) is 65.6 Å². The Labute approximate surface area is 152 Å². The molecule has 26 heavy (non-hydrogen) atoms. The van der Waals surface area contributed by atoms with Crippen molar-refractivity contribution in [2.45, 2.75) is 26.0 Å². The molecule has 0 radical (unpaired) electrons. The van der Waals surface area contributed by atoms with Crippen LogP contribution in [0.3, 0.4) is 0 Å². The van der Waals surface area contributed by atoms with Crippen molar-refractivity contribution in [1.29, 1.82) is 0 Å². The molecule has 6 heteroatoms. The van der Waals surface area contributed by atoms with Crippen molar-refractivity contribution in [2.24, 2.45) is 0 Å². The predicted octanol–water partition coefficient (Wildman–Crippen LogP) is 2.31. The lowest BCUT2D eigenvalue weighted by Gasteiger charge is -2.14. The molecule has 2 aromatic heterocycles. The number of benzene rings is 1. The zero-order valence-electron chi connectivity index (χ0n) is 14.7. The highest BCUT2D eigenvalue weighted by Crippen LogP contribution is 2.20. The van der Waals surface area contributed by atoms with Crippen LogP contribution in [0.25, 0.3) is 5.65 Å². The molecule has 1 amide bonds. The standard InChI is InChI=1S/C20H22N4O2/c1-14-5-4-10-24-12-16(22-19(14)24)13-26-18-7-3-2-6-17(18)20(25)23-15-8-9-21-11-15/h2-7,10,12,15,21H,8-9,11,13H2,1H3,(H,23,25). The Kier molecular flexibility index (Phi) is 4.58. The van der Waals surface area contributed by atoms with Gasteiger partial charge in [-0.05, 0) is 43.7 Å². The van der Waals surface area contributed by atoms with Crippen LogP contribution < -0.4 is 15.4 Å². The number of fused-ring (bicyclic) bond motifs is 1. The van der Waals surface area contributed by atoms with E-state index in [4.69, 9.17) is 4.74 Å². The molecule has 0 bridgehead atoms. The number of hydrogen-bond donors (Lipinski definition) is 2. The van der Waals surface area contributed by atoms with Gasteiger partial charge in [0.05, 0.1) is 11.3 Å². The summed E-state index contributed by atoms with van der Waals surface area (Å²) in [4.78, 5) is 17.2.